The molecule has 0 radical (unpaired) electrons. The van der Waals surface area contributed by atoms with Crippen LogP contribution in [0.5, 0.6) is 5.75 Å². The van der Waals surface area contributed by atoms with E-state index in [0.717, 1.165) is 28.0 Å². The van der Waals surface area contributed by atoms with Crippen LogP contribution >= 0.6 is 0 Å². The van der Waals surface area contributed by atoms with E-state index in [-0.39, 0.29) is 24.3 Å². The Kier molecular flexibility index (Phi) is 8.86. The molecule has 0 aromatic heterocycles. The van der Waals surface area contributed by atoms with Crippen LogP contribution in [0, 0.1) is 6.92 Å². The van der Waals surface area contributed by atoms with Crippen molar-refractivity contribution in [3.8, 4) is 5.75 Å². The number of nitrogens with one attached hydrogen (secondary N) is 1. The molecular weight excluding hydrogens is 424 g/mol. The minimum absolute atomic E-state index is 0.0309. The molecule has 0 fully saturated rings. The van der Waals surface area contributed by atoms with Gasteiger partial charge in [-0.2, -0.15) is 0 Å². The first-order valence-electron chi connectivity index (χ1n) is 11.7. The molecule has 178 valence electrons. The van der Waals surface area contributed by atoms with E-state index in [1.807, 2.05) is 99.6 Å². The number of carbonyl (C=O) groups is 2. The van der Waals surface area contributed by atoms with Gasteiger partial charge in [0.15, 0.2) is 0 Å². The van der Waals surface area contributed by atoms with E-state index in [9.17, 15) is 9.59 Å². The summed E-state index contributed by atoms with van der Waals surface area (Å²) in [4.78, 5) is 28.8. The lowest BCUT2D eigenvalue weighted by molar-refractivity contribution is -0.141. The highest BCUT2D eigenvalue weighted by Crippen LogP contribution is 2.19. The Bertz CT molecular complexity index is 1080. The first-order chi connectivity index (χ1) is 16.4. The number of aryl methyl sites for hydroxylation is 1. The number of nitrogens with zero attached hydrogens (tertiary/aromatic N) is 1. The van der Waals surface area contributed by atoms with Gasteiger partial charge >= 0.3 is 0 Å². The molecule has 3 aromatic rings. The summed E-state index contributed by atoms with van der Waals surface area (Å²) in [6, 6.07) is 24.7. The molecule has 0 aliphatic rings. The fourth-order valence-electron chi connectivity index (χ4n) is 3.88. The zero-order valence-electron chi connectivity index (χ0n) is 20.5. The van der Waals surface area contributed by atoms with Crippen LogP contribution in [0.15, 0.2) is 78.9 Å². The molecule has 0 aliphatic carbocycles. The Morgan fingerprint density at radius 3 is 2.21 bits per heavy atom. The van der Waals surface area contributed by atoms with Gasteiger partial charge < -0.3 is 15.0 Å². The van der Waals surface area contributed by atoms with Crippen molar-refractivity contribution < 1.29 is 14.3 Å². The van der Waals surface area contributed by atoms with Crippen molar-refractivity contribution in [2.24, 2.45) is 0 Å². The van der Waals surface area contributed by atoms with Crippen LogP contribution in [-0.4, -0.2) is 35.9 Å². The van der Waals surface area contributed by atoms with Crippen LogP contribution < -0.4 is 10.1 Å². The van der Waals surface area contributed by atoms with Crippen LogP contribution in [0.3, 0.4) is 0 Å². The Morgan fingerprint density at radius 2 is 1.56 bits per heavy atom. The van der Waals surface area contributed by atoms with Crippen LogP contribution in [0.4, 0.5) is 0 Å². The fourth-order valence-corrected chi connectivity index (χ4v) is 3.88. The molecule has 0 spiro atoms. The van der Waals surface area contributed by atoms with Gasteiger partial charge in [-0.3, -0.25) is 9.59 Å². The fraction of sp³-hybridized carbons (Fsp3) is 0.310. The molecule has 3 aromatic carbocycles. The van der Waals surface area contributed by atoms with E-state index in [4.69, 9.17) is 4.74 Å². The summed E-state index contributed by atoms with van der Waals surface area (Å²) in [6.07, 6.45) is 0.660. The van der Waals surface area contributed by atoms with Gasteiger partial charge in [0.1, 0.15) is 11.8 Å². The lowest BCUT2D eigenvalue weighted by Gasteiger charge is -2.32. The summed E-state index contributed by atoms with van der Waals surface area (Å²) in [6.45, 7) is 6.19. The largest absolute Gasteiger partial charge is 0.497 e. The van der Waals surface area contributed by atoms with Gasteiger partial charge in [0.25, 0.3) is 0 Å². The lowest BCUT2D eigenvalue weighted by Crippen LogP contribution is -2.52. The van der Waals surface area contributed by atoms with E-state index >= 15 is 0 Å². The highest BCUT2D eigenvalue weighted by atomic mass is 16.5. The number of amides is 2. The Labute approximate surface area is 202 Å². The molecule has 1 atom stereocenters. The maximum Gasteiger partial charge on any atom is 0.243 e. The van der Waals surface area contributed by atoms with Crippen LogP contribution in [0.1, 0.15) is 36.1 Å². The van der Waals surface area contributed by atoms with E-state index < -0.39 is 6.04 Å². The van der Waals surface area contributed by atoms with Gasteiger partial charge in [-0.05, 0) is 49.6 Å². The molecule has 34 heavy (non-hydrogen) atoms. The normalized spacial score (nSPS) is 11.7. The molecule has 0 heterocycles. The van der Waals surface area contributed by atoms with Crippen LogP contribution in [0.2, 0.25) is 0 Å². The standard InChI is InChI=1S/C29H34N2O3/c1-21(2)30-29(33)27(18-23-9-6-5-7-10-23)31(20-25-11-8-12-26(17-25)34-4)28(32)19-24-15-13-22(3)14-16-24/h5-17,21,27H,18-20H2,1-4H3,(H,30,33)/t27-/m1/s1. The van der Waals surface area contributed by atoms with Crippen LogP contribution in [-0.2, 0) is 29.0 Å². The number of rotatable bonds is 10. The van der Waals surface area contributed by atoms with Crippen LogP contribution in [0.25, 0.3) is 0 Å². The third kappa shape index (κ3) is 7.20. The molecule has 0 saturated heterocycles. The molecular formula is C29H34N2O3. The summed E-state index contributed by atoms with van der Waals surface area (Å²) in [5, 5.41) is 3.02. The molecule has 2 amide bonds. The summed E-state index contributed by atoms with van der Waals surface area (Å²) >= 11 is 0. The van der Waals surface area contributed by atoms with Gasteiger partial charge in [-0.25, -0.2) is 0 Å². The van der Waals surface area contributed by atoms with E-state index in [2.05, 4.69) is 5.32 Å². The highest BCUT2D eigenvalue weighted by Gasteiger charge is 2.30. The Morgan fingerprint density at radius 1 is 0.882 bits per heavy atom. The monoisotopic (exact) mass is 458 g/mol. The van der Waals surface area contributed by atoms with Gasteiger partial charge in [-0.15, -0.1) is 0 Å². The molecule has 5 heteroatoms. The molecule has 0 bridgehead atoms. The second-order valence-electron chi connectivity index (χ2n) is 8.90. The smallest absolute Gasteiger partial charge is 0.243 e. The first kappa shape index (κ1) is 25.0. The van der Waals surface area contributed by atoms with Crippen molar-refractivity contribution in [3.05, 3.63) is 101 Å². The molecule has 3 rings (SSSR count). The predicted octanol–water partition coefficient (Wildman–Crippen LogP) is 4.71. The van der Waals surface area contributed by atoms with Crippen molar-refractivity contribution in [2.75, 3.05) is 7.11 Å². The van der Waals surface area contributed by atoms with Gasteiger partial charge in [0.05, 0.1) is 13.5 Å². The molecule has 1 N–H and O–H groups in total. The van der Waals surface area contributed by atoms with Gasteiger partial charge in [0, 0.05) is 19.0 Å². The van der Waals surface area contributed by atoms with Crippen molar-refractivity contribution in [3.63, 3.8) is 0 Å². The third-order valence-electron chi connectivity index (χ3n) is 5.67. The van der Waals surface area contributed by atoms with E-state index in [0.29, 0.717) is 13.0 Å². The lowest BCUT2D eigenvalue weighted by atomic mass is 10.0. The third-order valence-corrected chi connectivity index (χ3v) is 5.67. The topological polar surface area (TPSA) is 58.6 Å². The predicted molar refractivity (Wildman–Crippen MR) is 136 cm³/mol. The maximum atomic E-state index is 13.7. The number of ether oxygens (including phenoxy) is 1. The molecule has 0 saturated carbocycles. The number of hydrogen-bond acceptors (Lipinski definition) is 3. The van der Waals surface area contributed by atoms with Crippen molar-refractivity contribution in [2.45, 2.75) is 52.2 Å². The highest BCUT2D eigenvalue weighted by molar-refractivity contribution is 5.89. The Balaban J connectivity index is 1.97. The average Bonchev–Trinajstić information content (AvgIpc) is 2.83. The zero-order valence-corrected chi connectivity index (χ0v) is 20.5. The minimum atomic E-state index is -0.644. The van der Waals surface area contributed by atoms with E-state index in [1.165, 1.54) is 0 Å². The summed E-state index contributed by atoms with van der Waals surface area (Å²) < 4.78 is 5.38. The summed E-state index contributed by atoms with van der Waals surface area (Å²) in [7, 11) is 1.62. The SMILES string of the molecule is COc1cccc(CN(C(=O)Cc2ccc(C)cc2)[C@H](Cc2ccccc2)C(=O)NC(C)C)c1. The summed E-state index contributed by atoms with van der Waals surface area (Å²) in [5.41, 5.74) is 3.98. The van der Waals surface area contributed by atoms with E-state index in [1.54, 1.807) is 12.0 Å². The average molecular weight is 459 g/mol. The first-order valence-corrected chi connectivity index (χ1v) is 11.7. The second-order valence-corrected chi connectivity index (χ2v) is 8.90. The number of carbonyl (C=O) groups excluding carboxylic acids is 2. The second kappa shape index (κ2) is 12.0. The molecule has 5 nitrogen and oxygen atoms in total. The maximum absolute atomic E-state index is 13.7. The molecule has 0 aliphatic heterocycles. The Hall–Kier alpha value is -3.60. The van der Waals surface area contributed by atoms with Crippen molar-refractivity contribution in [1.82, 2.24) is 10.2 Å². The minimum Gasteiger partial charge on any atom is -0.497 e. The quantitative estimate of drug-likeness (QED) is 0.479. The van der Waals surface area contributed by atoms with Crippen molar-refractivity contribution >= 4 is 11.8 Å². The van der Waals surface area contributed by atoms with Gasteiger partial charge in [-0.1, -0.05) is 72.3 Å². The zero-order chi connectivity index (χ0) is 24.5. The number of benzene rings is 3. The summed E-state index contributed by atoms with van der Waals surface area (Å²) in [5.74, 6) is 0.472. The number of methoxy groups -OCH3 is 1. The number of hydrogen-bond donors (Lipinski definition) is 1. The molecule has 0 unspecified atom stereocenters. The van der Waals surface area contributed by atoms with Crippen molar-refractivity contribution in [1.29, 1.82) is 0 Å². The van der Waals surface area contributed by atoms with Gasteiger partial charge in [0.2, 0.25) is 11.8 Å².